The van der Waals surface area contributed by atoms with Crippen molar-refractivity contribution in [3.05, 3.63) is 23.3 Å². The predicted molar refractivity (Wildman–Crippen MR) is 112 cm³/mol. The van der Waals surface area contributed by atoms with E-state index in [1.807, 2.05) is 0 Å². The number of anilines is 2. The maximum atomic E-state index is 9.81. The molecule has 0 amide bonds. The monoisotopic (exact) mass is 413 g/mol. The van der Waals surface area contributed by atoms with E-state index in [-0.39, 0.29) is 12.1 Å². The molecule has 3 N–H and O–H groups in total. The molecule has 5 heterocycles. The molecule has 5 rings (SSSR count). The molecule has 2 saturated heterocycles. The molecule has 2 aliphatic rings. The van der Waals surface area contributed by atoms with Gasteiger partial charge in [0.25, 0.3) is 0 Å². The van der Waals surface area contributed by atoms with Gasteiger partial charge >= 0.3 is 0 Å². The number of fused-ring (bicyclic) bond motifs is 1. The normalized spacial score (nSPS) is 20.6. The lowest BCUT2D eigenvalue weighted by atomic mass is 10.3. The van der Waals surface area contributed by atoms with Gasteiger partial charge in [-0.15, -0.1) is 11.3 Å². The summed E-state index contributed by atoms with van der Waals surface area (Å²) in [4.78, 5) is 23.6. The molecule has 3 aromatic rings. The number of likely N-dealkylation sites (tertiary alicyclic amines) is 1. The molecule has 2 aliphatic heterocycles. The number of hydrogen-bond donors (Lipinski definition) is 2. The topological polar surface area (TPSA) is 114 Å². The van der Waals surface area contributed by atoms with Crippen molar-refractivity contribution in [3.63, 3.8) is 0 Å². The van der Waals surface area contributed by atoms with Gasteiger partial charge in [0.15, 0.2) is 11.6 Å². The van der Waals surface area contributed by atoms with E-state index in [9.17, 15) is 5.11 Å². The Morgan fingerprint density at radius 3 is 2.69 bits per heavy atom. The van der Waals surface area contributed by atoms with Crippen molar-refractivity contribution in [3.8, 4) is 11.4 Å². The summed E-state index contributed by atoms with van der Waals surface area (Å²) in [6.45, 7) is 5.45. The molecule has 10 heteroatoms. The summed E-state index contributed by atoms with van der Waals surface area (Å²) in [6, 6.07) is 2.14. The lowest BCUT2D eigenvalue weighted by Crippen LogP contribution is -2.36. The highest BCUT2D eigenvalue weighted by Gasteiger charge is 2.23. The Labute approximate surface area is 172 Å². The van der Waals surface area contributed by atoms with Crippen LogP contribution in [0.25, 0.3) is 21.6 Å². The van der Waals surface area contributed by atoms with Gasteiger partial charge < -0.3 is 20.5 Å². The van der Waals surface area contributed by atoms with Gasteiger partial charge in [-0.2, -0.15) is 0 Å². The Kier molecular flexibility index (Phi) is 5.00. The fourth-order valence-corrected chi connectivity index (χ4v) is 4.95. The summed E-state index contributed by atoms with van der Waals surface area (Å²) < 4.78 is 6.60. The Morgan fingerprint density at radius 1 is 1.17 bits per heavy atom. The predicted octanol–water partition coefficient (Wildman–Crippen LogP) is 1.13. The number of hydrogen-bond acceptors (Lipinski definition) is 10. The second-order valence-corrected chi connectivity index (χ2v) is 8.54. The Balaban J connectivity index is 1.55. The number of morpholine rings is 1. The van der Waals surface area contributed by atoms with Gasteiger partial charge in [0, 0.05) is 50.0 Å². The smallest absolute Gasteiger partial charge is 0.219 e. The fourth-order valence-electron chi connectivity index (χ4n) is 3.79. The average molecular weight is 414 g/mol. The Morgan fingerprint density at radius 2 is 1.97 bits per heavy atom. The molecule has 0 saturated carbocycles. The first kappa shape index (κ1) is 18.6. The average Bonchev–Trinajstić information content (AvgIpc) is 3.34. The van der Waals surface area contributed by atoms with Gasteiger partial charge in [-0.1, -0.05) is 0 Å². The molecule has 9 nitrogen and oxygen atoms in total. The number of rotatable bonds is 4. The highest BCUT2D eigenvalue weighted by molar-refractivity contribution is 7.19. The van der Waals surface area contributed by atoms with Gasteiger partial charge in [0.1, 0.15) is 0 Å². The van der Waals surface area contributed by atoms with Gasteiger partial charge in [-0.05, 0) is 12.5 Å². The molecule has 0 spiro atoms. The molecule has 0 aliphatic carbocycles. The minimum atomic E-state index is -0.217. The number of nitrogens with zero attached hydrogens (tertiary/aromatic N) is 6. The first-order valence-corrected chi connectivity index (χ1v) is 10.6. The number of nitrogens with two attached hydrogens (primary N) is 1. The highest BCUT2D eigenvalue weighted by Crippen LogP contribution is 2.35. The molecular weight excluding hydrogens is 390 g/mol. The second-order valence-electron chi connectivity index (χ2n) is 7.40. The third-order valence-corrected chi connectivity index (χ3v) is 6.38. The third kappa shape index (κ3) is 3.88. The van der Waals surface area contributed by atoms with Crippen LogP contribution in [0.15, 0.2) is 18.5 Å². The fraction of sp³-hybridized carbons (Fsp3) is 0.474. The number of aromatic nitrogens is 4. The Bertz CT molecular complexity index is 1000. The van der Waals surface area contributed by atoms with Gasteiger partial charge in [-0.3, -0.25) is 4.90 Å². The summed E-state index contributed by atoms with van der Waals surface area (Å²) >= 11 is 1.73. The maximum Gasteiger partial charge on any atom is 0.219 e. The van der Waals surface area contributed by atoms with Crippen LogP contribution in [-0.2, 0) is 11.3 Å². The molecule has 0 unspecified atom stereocenters. The second kappa shape index (κ2) is 7.79. The number of nitrogen functional groups attached to an aromatic ring is 1. The highest BCUT2D eigenvalue weighted by atomic mass is 32.1. The van der Waals surface area contributed by atoms with Gasteiger partial charge in [0.05, 0.1) is 35.1 Å². The van der Waals surface area contributed by atoms with E-state index < -0.39 is 0 Å². The molecule has 3 aromatic heterocycles. The van der Waals surface area contributed by atoms with Crippen molar-refractivity contribution in [2.24, 2.45) is 0 Å². The van der Waals surface area contributed by atoms with E-state index in [0.717, 1.165) is 60.7 Å². The van der Waals surface area contributed by atoms with Crippen LogP contribution >= 0.6 is 11.3 Å². The molecule has 0 bridgehead atoms. The van der Waals surface area contributed by atoms with E-state index >= 15 is 0 Å². The summed E-state index contributed by atoms with van der Waals surface area (Å²) in [6.07, 6.45) is 3.94. The zero-order valence-electron chi connectivity index (χ0n) is 16.0. The van der Waals surface area contributed by atoms with Gasteiger partial charge in [0.2, 0.25) is 5.95 Å². The van der Waals surface area contributed by atoms with Crippen LogP contribution in [0.2, 0.25) is 0 Å². The van der Waals surface area contributed by atoms with Crippen LogP contribution in [0.3, 0.4) is 0 Å². The largest absolute Gasteiger partial charge is 0.392 e. The van der Waals surface area contributed by atoms with Crippen LogP contribution in [0.5, 0.6) is 0 Å². The molecule has 0 radical (unpaired) electrons. The van der Waals surface area contributed by atoms with E-state index in [4.69, 9.17) is 20.4 Å². The van der Waals surface area contributed by atoms with Crippen molar-refractivity contribution in [2.75, 3.05) is 50.0 Å². The van der Waals surface area contributed by atoms with Crippen LogP contribution in [-0.4, -0.2) is 75.4 Å². The van der Waals surface area contributed by atoms with Crippen LogP contribution in [0.1, 0.15) is 11.3 Å². The maximum absolute atomic E-state index is 9.81. The molecule has 1 atom stereocenters. The lowest BCUT2D eigenvalue weighted by Gasteiger charge is -2.28. The van der Waals surface area contributed by atoms with Crippen LogP contribution in [0.4, 0.5) is 11.8 Å². The number of aliphatic hydroxyl groups excluding tert-OH is 1. The number of aliphatic hydroxyl groups is 1. The number of thiophene rings is 1. The van der Waals surface area contributed by atoms with E-state index in [0.29, 0.717) is 19.0 Å². The number of ether oxygens (including phenoxy) is 1. The molecular formula is C19H23N7O2S. The zero-order chi connectivity index (χ0) is 19.8. The van der Waals surface area contributed by atoms with Crippen molar-refractivity contribution < 1.29 is 9.84 Å². The quantitative estimate of drug-likeness (QED) is 0.650. The molecule has 2 fully saturated rings. The van der Waals surface area contributed by atoms with E-state index in [1.165, 1.54) is 4.88 Å². The first-order chi connectivity index (χ1) is 14.2. The summed E-state index contributed by atoms with van der Waals surface area (Å²) in [5, 5.41) is 9.81. The summed E-state index contributed by atoms with van der Waals surface area (Å²) in [7, 11) is 0. The lowest BCUT2D eigenvalue weighted by molar-refractivity contribution is 0.122. The van der Waals surface area contributed by atoms with Crippen molar-refractivity contribution in [1.82, 2.24) is 24.8 Å². The molecule has 152 valence electrons. The SMILES string of the molecule is Nc1ncc(-c2nc(N3CCOCC3)c3sc(CN4CC[C@@H](O)C4)cc3n2)cn1. The van der Waals surface area contributed by atoms with Crippen molar-refractivity contribution in [1.29, 1.82) is 0 Å². The van der Waals surface area contributed by atoms with Crippen molar-refractivity contribution >= 4 is 33.3 Å². The third-order valence-electron chi connectivity index (χ3n) is 5.27. The molecule has 0 aromatic carbocycles. The minimum Gasteiger partial charge on any atom is -0.392 e. The first-order valence-electron chi connectivity index (χ1n) is 9.77. The van der Waals surface area contributed by atoms with E-state index in [2.05, 4.69) is 25.8 Å². The zero-order valence-corrected chi connectivity index (χ0v) is 16.8. The van der Waals surface area contributed by atoms with E-state index in [1.54, 1.807) is 23.7 Å². The molecule has 29 heavy (non-hydrogen) atoms. The summed E-state index contributed by atoms with van der Waals surface area (Å²) in [5.74, 6) is 1.76. The Hall–Kier alpha value is -2.40. The van der Waals surface area contributed by atoms with Gasteiger partial charge in [-0.25, -0.2) is 19.9 Å². The number of β-amino-alcohol motifs (C(OH)–C–C–N with tert-alkyl or cyclic N) is 1. The van der Waals surface area contributed by atoms with Crippen LogP contribution in [0, 0.1) is 0 Å². The minimum absolute atomic E-state index is 0.217. The standard InChI is InChI=1S/C19H23N7O2S/c20-19-21-8-12(9-22-19)17-23-15-7-14(11-25-2-1-13(27)10-25)29-16(15)18(24-17)26-3-5-28-6-4-26/h7-9,13,27H,1-6,10-11H2,(H2,20,21,22)/t13-/m1/s1. The van der Waals surface area contributed by atoms with Crippen molar-refractivity contribution in [2.45, 2.75) is 19.1 Å². The summed E-state index contributed by atoms with van der Waals surface area (Å²) in [5.41, 5.74) is 7.29. The van der Waals surface area contributed by atoms with Crippen LogP contribution < -0.4 is 10.6 Å².